The molecule has 28 heavy (non-hydrogen) atoms. The lowest BCUT2D eigenvalue weighted by molar-refractivity contribution is -0.192. The Balaban J connectivity index is 0.000000279. The van der Waals surface area contributed by atoms with Crippen molar-refractivity contribution < 1.29 is 27.9 Å². The van der Waals surface area contributed by atoms with Crippen LogP contribution < -0.4 is 11.1 Å². The molecule has 1 aliphatic heterocycles. The molecular weight excluding hydrogens is 377 g/mol. The maximum Gasteiger partial charge on any atom is 0.490 e. The van der Waals surface area contributed by atoms with E-state index in [1.807, 2.05) is 30.3 Å². The number of carboxylic acid groups (broad SMARTS) is 1. The molecule has 0 saturated carbocycles. The first-order chi connectivity index (χ1) is 13.1. The number of benzene rings is 2. The molecule has 0 radical (unpaired) electrons. The quantitative estimate of drug-likeness (QED) is 0.375. The number of nitrogens with one attached hydrogen (secondary N) is 2. The van der Waals surface area contributed by atoms with Crippen molar-refractivity contribution in [1.82, 2.24) is 10.2 Å². The molecule has 144 valence electrons. The van der Waals surface area contributed by atoms with E-state index in [0.29, 0.717) is 11.3 Å². The fraction of sp³-hybridized carbons (Fsp3) is 0.0556. The number of nitrogen functional groups attached to an aromatic ring is 1. The van der Waals surface area contributed by atoms with Gasteiger partial charge in [0.15, 0.2) is 0 Å². The van der Waals surface area contributed by atoms with Crippen LogP contribution in [0.5, 0.6) is 0 Å². The second-order valence-corrected chi connectivity index (χ2v) is 5.84. The number of hydrogen-bond acceptors (Lipinski definition) is 4. The van der Waals surface area contributed by atoms with Gasteiger partial charge in [-0.25, -0.2) is 4.79 Å². The van der Waals surface area contributed by atoms with Gasteiger partial charge in [0.1, 0.15) is 0 Å². The van der Waals surface area contributed by atoms with E-state index in [1.54, 1.807) is 18.3 Å². The number of amides is 1. The zero-order chi connectivity index (χ0) is 20.5. The van der Waals surface area contributed by atoms with Crippen LogP contribution in [-0.4, -0.2) is 33.4 Å². The number of carboxylic acids is 1. The van der Waals surface area contributed by atoms with Crippen LogP contribution in [0.15, 0.2) is 42.6 Å². The van der Waals surface area contributed by atoms with Crippen molar-refractivity contribution in [1.29, 1.82) is 0 Å². The van der Waals surface area contributed by atoms with Gasteiger partial charge in [-0.05, 0) is 29.8 Å². The summed E-state index contributed by atoms with van der Waals surface area (Å²) in [5.74, 6) is -2.87. The van der Waals surface area contributed by atoms with Gasteiger partial charge in [0.25, 0.3) is 5.91 Å². The van der Waals surface area contributed by atoms with Crippen LogP contribution in [0.25, 0.3) is 22.6 Å². The number of rotatable bonds is 1. The highest BCUT2D eigenvalue weighted by Crippen LogP contribution is 2.34. The van der Waals surface area contributed by atoms with Gasteiger partial charge in [0.05, 0.1) is 17.4 Å². The summed E-state index contributed by atoms with van der Waals surface area (Å²) in [6.45, 7) is 0. The molecule has 2 heterocycles. The third kappa shape index (κ3) is 3.95. The molecule has 0 unspecified atom stereocenters. The van der Waals surface area contributed by atoms with E-state index in [9.17, 15) is 18.0 Å². The fourth-order valence-electron chi connectivity index (χ4n) is 2.57. The van der Waals surface area contributed by atoms with E-state index < -0.39 is 12.1 Å². The number of aromatic nitrogens is 2. The largest absolute Gasteiger partial charge is 0.490 e. The first-order valence-corrected chi connectivity index (χ1v) is 7.81. The first-order valence-electron chi connectivity index (χ1n) is 7.81. The van der Waals surface area contributed by atoms with Gasteiger partial charge in [0, 0.05) is 22.2 Å². The molecule has 4 rings (SSSR count). The molecule has 0 aliphatic carbocycles. The summed E-state index contributed by atoms with van der Waals surface area (Å²) in [6.07, 6.45) is -1.44. The minimum Gasteiger partial charge on any atom is -0.475 e. The van der Waals surface area contributed by atoms with Crippen molar-refractivity contribution in [2.24, 2.45) is 0 Å². The van der Waals surface area contributed by atoms with Gasteiger partial charge in [-0.15, -0.1) is 0 Å². The number of anilines is 2. The van der Waals surface area contributed by atoms with Crippen LogP contribution in [0.4, 0.5) is 24.5 Å². The Labute approximate surface area is 155 Å². The van der Waals surface area contributed by atoms with Gasteiger partial charge in [0.2, 0.25) is 0 Å². The van der Waals surface area contributed by atoms with E-state index in [2.05, 4.69) is 15.5 Å². The Kier molecular flexibility index (Phi) is 4.78. The lowest BCUT2D eigenvalue weighted by Crippen LogP contribution is -2.21. The number of aliphatic carboxylic acids is 1. The topological polar surface area (TPSA) is 121 Å². The van der Waals surface area contributed by atoms with Crippen LogP contribution in [0, 0.1) is 0 Å². The summed E-state index contributed by atoms with van der Waals surface area (Å²) in [6, 6.07) is 11.3. The molecule has 0 spiro atoms. The van der Waals surface area contributed by atoms with E-state index in [-0.39, 0.29) is 5.91 Å². The standard InChI is InChI=1S/C16H12N4O.C2HF3O2/c17-11-3-4-12-13(16(21)19-15(12)7-11)5-9-1-2-10-8-18-20-14(10)6-9;3-2(4,5)1(6)7/h1-8H,17H2,(H,18,20)(H,19,21);(H,6,7)/b13-5+;. The Morgan fingerprint density at radius 2 is 1.89 bits per heavy atom. The molecule has 1 aliphatic rings. The second kappa shape index (κ2) is 7.06. The molecule has 5 N–H and O–H groups in total. The number of fused-ring (bicyclic) bond motifs is 2. The SMILES string of the molecule is Nc1ccc2c(c1)NC(=O)/C2=C/c1ccc2cn[nH]c2c1.O=C(O)C(F)(F)F. The molecule has 1 amide bonds. The summed E-state index contributed by atoms with van der Waals surface area (Å²) in [5.41, 5.74) is 10.5. The summed E-state index contributed by atoms with van der Waals surface area (Å²) in [4.78, 5) is 21.0. The third-order valence-corrected chi connectivity index (χ3v) is 3.85. The van der Waals surface area contributed by atoms with E-state index >= 15 is 0 Å². The van der Waals surface area contributed by atoms with Crippen LogP contribution in [0.1, 0.15) is 11.1 Å². The number of carbonyl (C=O) groups is 2. The molecular formula is C18H13F3N4O3. The predicted octanol–water partition coefficient (Wildman–Crippen LogP) is 3.27. The normalized spacial score (nSPS) is 14.4. The maximum absolute atomic E-state index is 12.1. The molecule has 0 atom stereocenters. The van der Waals surface area contributed by atoms with Crippen LogP contribution in [0.3, 0.4) is 0 Å². The van der Waals surface area contributed by atoms with Crippen LogP contribution in [-0.2, 0) is 9.59 Å². The molecule has 2 aromatic carbocycles. The smallest absolute Gasteiger partial charge is 0.475 e. The highest BCUT2D eigenvalue weighted by atomic mass is 19.4. The molecule has 0 fully saturated rings. The molecule has 3 aromatic rings. The first kappa shape index (κ1) is 19.0. The third-order valence-electron chi connectivity index (χ3n) is 3.85. The lowest BCUT2D eigenvalue weighted by atomic mass is 10.0. The van der Waals surface area contributed by atoms with Crippen LogP contribution in [0.2, 0.25) is 0 Å². The van der Waals surface area contributed by atoms with Crippen LogP contribution >= 0.6 is 0 Å². The number of halogens is 3. The average molecular weight is 390 g/mol. The summed E-state index contributed by atoms with van der Waals surface area (Å²) < 4.78 is 31.7. The van der Waals surface area contributed by atoms with E-state index in [0.717, 1.165) is 27.7 Å². The van der Waals surface area contributed by atoms with Gasteiger partial charge in [-0.1, -0.05) is 18.2 Å². The van der Waals surface area contributed by atoms with Crippen molar-refractivity contribution in [2.75, 3.05) is 11.1 Å². The second-order valence-electron chi connectivity index (χ2n) is 5.84. The number of nitrogens with two attached hydrogens (primary N) is 1. The van der Waals surface area contributed by atoms with Gasteiger partial charge < -0.3 is 16.2 Å². The predicted molar refractivity (Wildman–Crippen MR) is 97.1 cm³/mol. The average Bonchev–Trinajstić information content (AvgIpc) is 3.18. The van der Waals surface area contributed by atoms with Crippen molar-refractivity contribution in [2.45, 2.75) is 6.18 Å². The highest BCUT2D eigenvalue weighted by Gasteiger charge is 2.38. The van der Waals surface area contributed by atoms with E-state index in [4.69, 9.17) is 15.6 Å². The Hall–Kier alpha value is -3.82. The van der Waals surface area contributed by atoms with Crippen molar-refractivity contribution in [3.63, 3.8) is 0 Å². The summed E-state index contributed by atoms with van der Waals surface area (Å²) in [7, 11) is 0. The monoisotopic (exact) mass is 390 g/mol. The van der Waals surface area contributed by atoms with Crippen molar-refractivity contribution >= 4 is 45.8 Å². The lowest BCUT2D eigenvalue weighted by Gasteiger charge is -2.00. The number of H-pyrrole nitrogens is 1. The number of nitrogens with zero attached hydrogens (tertiary/aromatic N) is 1. The zero-order valence-corrected chi connectivity index (χ0v) is 14.0. The Bertz CT molecular complexity index is 1100. The number of alkyl halides is 3. The van der Waals surface area contributed by atoms with Gasteiger partial charge in [-0.2, -0.15) is 18.3 Å². The minimum absolute atomic E-state index is 0.111. The van der Waals surface area contributed by atoms with Gasteiger partial charge in [-0.3, -0.25) is 9.89 Å². The summed E-state index contributed by atoms with van der Waals surface area (Å²) in [5, 5.41) is 17.9. The molecule has 10 heteroatoms. The minimum atomic E-state index is -5.08. The van der Waals surface area contributed by atoms with Gasteiger partial charge >= 0.3 is 12.1 Å². The van der Waals surface area contributed by atoms with Crippen molar-refractivity contribution in [3.05, 3.63) is 53.7 Å². The maximum atomic E-state index is 12.1. The molecule has 7 nitrogen and oxygen atoms in total. The molecule has 0 saturated heterocycles. The van der Waals surface area contributed by atoms with E-state index in [1.165, 1.54) is 0 Å². The highest BCUT2D eigenvalue weighted by molar-refractivity contribution is 6.35. The number of carbonyl (C=O) groups excluding carboxylic acids is 1. The number of aromatic amines is 1. The number of hydrogen-bond donors (Lipinski definition) is 4. The fourth-order valence-corrected chi connectivity index (χ4v) is 2.57. The molecule has 0 bridgehead atoms. The Morgan fingerprint density at radius 3 is 2.57 bits per heavy atom. The molecule has 1 aromatic heterocycles. The summed E-state index contributed by atoms with van der Waals surface area (Å²) >= 11 is 0. The zero-order valence-electron chi connectivity index (χ0n) is 14.0. The van der Waals surface area contributed by atoms with Crippen molar-refractivity contribution in [3.8, 4) is 0 Å². The Morgan fingerprint density at radius 1 is 1.18 bits per heavy atom.